The van der Waals surface area contributed by atoms with E-state index in [0.717, 1.165) is 20.8 Å². The highest BCUT2D eigenvalue weighted by molar-refractivity contribution is 9.10. The third-order valence-corrected chi connectivity index (χ3v) is 7.81. The van der Waals surface area contributed by atoms with Gasteiger partial charge in [-0.2, -0.15) is 0 Å². The minimum absolute atomic E-state index is 0.0625. The summed E-state index contributed by atoms with van der Waals surface area (Å²) in [6, 6.07) is 26.4. The van der Waals surface area contributed by atoms with E-state index in [-0.39, 0.29) is 28.8 Å². The van der Waals surface area contributed by atoms with E-state index < -0.39 is 15.7 Å². The van der Waals surface area contributed by atoms with Crippen LogP contribution in [0.25, 0.3) is 10.8 Å². The number of nitrogens with zero attached hydrogens (tertiary/aromatic N) is 1. The monoisotopic (exact) mass is 549 g/mol. The fourth-order valence-corrected chi connectivity index (χ4v) is 5.33. The van der Waals surface area contributed by atoms with Crippen molar-refractivity contribution in [3.63, 3.8) is 0 Å². The summed E-state index contributed by atoms with van der Waals surface area (Å²) in [5.74, 6) is 0.104. The van der Waals surface area contributed by atoms with Gasteiger partial charge in [0.1, 0.15) is 5.76 Å². The normalized spacial score (nSPS) is 11.6. The van der Waals surface area contributed by atoms with Crippen LogP contribution in [0, 0.1) is 0 Å². The first kappa shape index (κ1) is 23.1. The smallest absolute Gasteiger partial charge is 0.290 e. The highest BCUT2D eigenvalue weighted by Crippen LogP contribution is 2.27. The minimum atomic E-state index is -3.91. The van der Waals surface area contributed by atoms with E-state index in [1.54, 1.807) is 35.4 Å². The first-order chi connectivity index (χ1) is 16.9. The predicted octanol–water partition coefficient (Wildman–Crippen LogP) is 6.46. The zero-order chi connectivity index (χ0) is 24.4. The Balaban J connectivity index is 1.47. The number of rotatable bonds is 7. The number of amides is 1. The molecule has 0 saturated heterocycles. The standard InChI is InChI=1S/C27H20BrNO5S/c28-21-10-12-23(13-11-21)35(31,32)26-15-14-25(34-26)27(30)29(18-22-8-4-16-33-22)17-20-7-3-6-19-5-1-2-9-24(19)20/h1-16H,17-18H2. The molecular formula is C27H20BrNO5S. The molecule has 8 heteroatoms. The molecule has 0 aliphatic rings. The molecule has 5 rings (SSSR count). The summed E-state index contributed by atoms with van der Waals surface area (Å²) in [6.07, 6.45) is 1.55. The molecule has 3 aromatic carbocycles. The molecule has 1 amide bonds. The number of carbonyl (C=O) groups is 1. The fraction of sp³-hybridized carbons (Fsp3) is 0.0741. The Morgan fingerprint density at radius 2 is 1.60 bits per heavy atom. The molecule has 0 saturated carbocycles. The average Bonchev–Trinajstić information content (AvgIpc) is 3.57. The number of hydrogen-bond acceptors (Lipinski definition) is 5. The Kier molecular flexibility index (Phi) is 6.32. The summed E-state index contributed by atoms with van der Waals surface area (Å²) < 4.78 is 37.8. The number of furan rings is 2. The maximum absolute atomic E-state index is 13.5. The van der Waals surface area contributed by atoms with Gasteiger partial charge >= 0.3 is 0 Å². The van der Waals surface area contributed by atoms with Gasteiger partial charge in [0.2, 0.25) is 14.9 Å². The van der Waals surface area contributed by atoms with Gasteiger partial charge in [-0.1, -0.05) is 58.4 Å². The second-order valence-electron chi connectivity index (χ2n) is 7.95. The van der Waals surface area contributed by atoms with Crippen LogP contribution >= 0.6 is 15.9 Å². The van der Waals surface area contributed by atoms with Crippen LogP contribution < -0.4 is 0 Å². The van der Waals surface area contributed by atoms with Crippen molar-refractivity contribution in [2.24, 2.45) is 0 Å². The third-order valence-electron chi connectivity index (χ3n) is 5.64. The van der Waals surface area contributed by atoms with Crippen molar-refractivity contribution >= 4 is 42.4 Å². The summed E-state index contributed by atoms with van der Waals surface area (Å²) in [6.45, 7) is 0.487. The lowest BCUT2D eigenvalue weighted by Gasteiger charge is -2.21. The summed E-state index contributed by atoms with van der Waals surface area (Å²) in [4.78, 5) is 15.2. The molecule has 176 valence electrons. The molecule has 0 bridgehead atoms. The van der Waals surface area contributed by atoms with Crippen molar-refractivity contribution in [2.75, 3.05) is 0 Å². The zero-order valence-corrected chi connectivity index (χ0v) is 20.8. The molecule has 0 aliphatic heterocycles. The van der Waals surface area contributed by atoms with Crippen LogP contribution in [-0.2, 0) is 22.9 Å². The Hall–Kier alpha value is -3.62. The van der Waals surface area contributed by atoms with E-state index in [2.05, 4.69) is 15.9 Å². The molecule has 0 N–H and O–H groups in total. The maximum Gasteiger partial charge on any atom is 0.290 e. The molecule has 0 atom stereocenters. The number of benzene rings is 3. The van der Waals surface area contributed by atoms with Crippen LogP contribution in [-0.4, -0.2) is 19.2 Å². The van der Waals surface area contributed by atoms with Crippen molar-refractivity contribution in [1.82, 2.24) is 4.90 Å². The van der Waals surface area contributed by atoms with Crippen LogP contribution in [0.5, 0.6) is 0 Å². The van der Waals surface area contributed by atoms with Crippen LogP contribution in [0.3, 0.4) is 0 Å². The van der Waals surface area contributed by atoms with Crippen molar-refractivity contribution in [3.05, 3.63) is 119 Å². The number of sulfone groups is 1. The summed E-state index contributed by atoms with van der Waals surface area (Å²) in [5, 5.41) is 1.81. The van der Waals surface area contributed by atoms with Gasteiger partial charge < -0.3 is 13.7 Å². The van der Waals surface area contributed by atoms with Gasteiger partial charge in [-0.15, -0.1) is 0 Å². The predicted molar refractivity (Wildman–Crippen MR) is 135 cm³/mol. The van der Waals surface area contributed by atoms with E-state index in [4.69, 9.17) is 8.83 Å². The van der Waals surface area contributed by atoms with E-state index in [9.17, 15) is 13.2 Å². The fourth-order valence-electron chi connectivity index (χ4n) is 3.89. The summed E-state index contributed by atoms with van der Waals surface area (Å²) in [7, 11) is -3.91. The van der Waals surface area contributed by atoms with Crippen molar-refractivity contribution < 1.29 is 22.0 Å². The van der Waals surface area contributed by atoms with Crippen LogP contribution in [0.1, 0.15) is 21.9 Å². The maximum atomic E-state index is 13.5. The largest absolute Gasteiger partial charge is 0.467 e. The zero-order valence-electron chi connectivity index (χ0n) is 18.4. The Morgan fingerprint density at radius 3 is 2.37 bits per heavy atom. The first-order valence-corrected chi connectivity index (χ1v) is 13.1. The van der Waals surface area contributed by atoms with Gasteiger partial charge in [0.05, 0.1) is 17.7 Å². The van der Waals surface area contributed by atoms with E-state index in [1.165, 1.54) is 24.3 Å². The van der Waals surface area contributed by atoms with Gasteiger partial charge in [0.15, 0.2) is 5.76 Å². The second-order valence-corrected chi connectivity index (χ2v) is 10.8. The van der Waals surface area contributed by atoms with E-state index in [1.807, 2.05) is 42.5 Å². The molecule has 6 nitrogen and oxygen atoms in total. The quantitative estimate of drug-likeness (QED) is 0.232. The molecule has 2 heterocycles. The lowest BCUT2D eigenvalue weighted by atomic mass is 10.0. The molecule has 2 aromatic heterocycles. The SMILES string of the molecule is O=C(c1ccc(S(=O)(=O)c2ccc(Br)cc2)o1)N(Cc1ccco1)Cc1cccc2ccccc12. The van der Waals surface area contributed by atoms with Crippen molar-refractivity contribution in [1.29, 1.82) is 0 Å². The second kappa shape index (κ2) is 9.56. The number of fused-ring (bicyclic) bond motifs is 1. The minimum Gasteiger partial charge on any atom is -0.467 e. The highest BCUT2D eigenvalue weighted by atomic mass is 79.9. The lowest BCUT2D eigenvalue weighted by Crippen LogP contribution is -2.29. The van der Waals surface area contributed by atoms with Gasteiger partial charge in [-0.25, -0.2) is 8.42 Å². The van der Waals surface area contributed by atoms with E-state index in [0.29, 0.717) is 5.76 Å². The molecular weight excluding hydrogens is 530 g/mol. The summed E-state index contributed by atoms with van der Waals surface area (Å²) in [5.41, 5.74) is 0.956. The van der Waals surface area contributed by atoms with Gasteiger partial charge in [0, 0.05) is 11.0 Å². The molecule has 35 heavy (non-hydrogen) atoms. The Bertz CT molecular complexity index is 1580. The molecule has 0 radical (unpaired) electrons. The molecule has 0 spiro atoms. The molecule has 0 fully saturated rings. The van der Waals surface area contributed by atoms with Gasteiger partial charge in [-0.3, -0.25) is 4.79 Å². The number of halogens is 1. The van der Waals surface area contributed by atoms with Crippen molar-refractivity contribution in [3.8, 4) is 0 Å². The Labute approximate surface area is 210 Å². The lowest BCUT2D eigenvalue weighted by molar-refractivity contribution is 0.0680. The third kappa shape index (κ3) is 4.80. The molecule has 0 unspecified atom stereocenters. The van der Waals surface area contributed by atoms with Crippen molar-refractivity contribution in [2.45, 2.75) is 23.1 Å². The average molecular weight is 550 g/mol. The number of hydrogen-bond donors (Lipinski definition) is 0. The highest BCUT2D eigenvalue weighted by Gasteiger charge is 2.26. The summed E-state index contributed by atoms with van der Waals surface area (Å²) >= 11 is 3.30. The first-order valence-electron chi connectivity index (χ1n) is 10.8. The van der Waals surface area contributed by atoms with Crippen LogP contribution in [0.2, 0.25) is 0 Å². The van der Waals surface area contributed by atoms with Gasteiger partial charge in [0.25, 0.3) is 5.91 Å². The Morgan fingerprint density at radius 1 is 0.829 bits per heavy atom. The van der Waals surface area contributed by atoms with Gasteiger partial charge in [-0.05, 0) is 64.9 Å². The van der Waals surface area contributed by atoms with E-state index >= 15 is 0 Å². The topological polar surface area (TPSA) is 80.7 Å². The number of carbonyl (C=O) groups excluding carboxylic acids is 1. The molecule has 0 aliphatic carbocycles. The van der Waals surface area contributed by atoms with Crippen LogP contribution in [0.15, 0.2) is 121 Å². The van der Waals surface area contributed by atoms with Crippen LogP contribution in [0.4, 0.5) is 0 Å². The molecule has 5 aromatic rings.